The van der Waals surface area contributed by atoms with Crippen LogP contribution < -0.4 is 5.32 Å². The fourth-order valence-corrected chi connectivity index (χ4v) is 3.01. The van der Waals surface area contributed by atoms with Crippen LogP contribution in [-0.4, -0.2) is 34.3 Å². The smallest absolute Gasteiger partial charge is 0.0534 e. The number of aromatic nitrogens is 2. The predicted molar refractivity (Wildman–Crippen MR) is 85.0 cm³/mol. The van der Waals surface area contributed by atoms with Gasteiger partial charge in [-0.15, -0.1) is 0 Å². The SMILES string of the molecule is CCCn1cc(CN2CCNC[C@@H]2c2ccccc2)cn1. The lowest BCUT2D eigenvalue weighted by Gasteiger charge is -2.36. The number of benzene rings is 1. The Bertz CT molecular complexity index is 549. The van der Waals surface area contributed by atoms with E-state index in [1.165, 1.54) is 11.1 Å². The normalized spacial score (nSPS) is 19.8. The van der Waals surface area contributed by atoms with Gasteiger partial charge in [0.1, 0.15) is 0 Å². The molecule has 0 bridgehead atoms. The zero-order chi connectivity index (χ0) is 14.5. The van der Waals surface area contributed by atoms with Crippen molar-refractivity contribution in [2.24, 2.45) is 0 Å². The fraction of sp³-hybridized carbons (Fsp3) is 0.471. The third-order valence-corrected chi connectivity index (χ3v) is 4.06. The maximum absolute atomic E-state index is 4.44. The molecule has 3 rings (SSSR count). The first kappa shape index (κ1) is 14.3. The minimum Gasteiger partial charge on any atom is -0.314 e. The fourth-order valence-electron chi connectivity index (χ4n) is 3.01. The molecule has 112 valence electrons. The third kappa shape index (κ3) is 3.52. The maximum atomic E-state index is 4.44. The number of nitrogens with one attached hydrogen (secondary N) is 1. The second-order valence-electron chi connectivity index (χ2n) is 5.71. The van der Waals surface area contributed by atoms with Crippen LogP contribution in [0.3, 0.4) is 0 Å². The van der Waals surface area contributed by atoms with E-state index in [-0.39, 0.29) is 0 Å². The van der Waals surface area contributed by atoms with E-state index in [1.54, 1.807) is 0 Å². The summed E-state index contributed by atoms with van der Waals surface area (Å²) >= 11 is 0. The summed E-state index contributed by atoms with van der Waals surface area (Å²) in [5.74, 6) is 0. The van der Waals surface area contributed by atoms with Crippen molar-refractivity contribution in [1.82, 2.24) is 20.0 Å². The Kier molecular flexibility index (Phi) is 4.68. The molecule has 0 saturated carbocycles. The minimum absolute atomic E-state index is 0.453. The van der Waals surface area contributed by atoms with Gasteiger partial charge in [-0.2, -0.15) is 5.10 Å². The largest absolute Gasteiger partial charge is 0.314 e. The van der Waals surface area contributed by atoms with Crippen molar-refractivity contribution in [3.8, 4) is 0 Å². The van der Waals surface area contributed by atoms with E-state index in [0.29, 0.717) is 6.04 Å². The van der Waals surface area contributed by atoms with Gasteiger partial charge in [0.05, 0.1) is 6.20 Å². The van der Waals surface area contributed by atoms with Gasteiger partial charge in [0, 0.05) is 50.5 Å². The molecule has 1 aromatic carbocycles. The molecule has 1 fully saturated rings. The summed E-state index contributed by atoms with van der Waals surface area (Å²) in [5, 5.41) is 7.96. The summed E-state index contributed by atoms with van der Waals surface area (Å²) in [6, 6.07) is 11.2. The Hall–Kier alpha value is -1.65. The summed E-state index contributed by atoms with van der Waals surface area (Å²) in [4.78, 5) is 2.55. The molecule has 4 heteroatoms. The quantitative estimate of drug-likeness (QED) is 0.915. The van der Waals surface area contributed by atoms with Gasteiger partial charge in [0.2, 0.25) is 0 Å². The molecule has 0 unspecified atom stereocenters. The Morgan fingerprint density at radius 3 is 2.95 bits per heavy atom. The lowest BCUT2D eigenvalue weighted by atomic mass is 10.0. The van der Waals surface area contributed by atoms with Crippen LogP contribution in [0.5, 0.6) is 0 Å². The molecular formula is C17H24N4. The van der Waals surface area contributed by atoms with E-state index in [9.17, 15) is 0 Å². The van der Waals surface area contributed by atoms with Crippen molar-refractivity contribution in [2.45, 2.75) is 32.5 Å². The molecule has 1 atom stereocenters. The Labute approximate surface area is 126 Å². The molecule has 1 saturated heterocycles. The summed E-state index contributed by atoms with van der Waals surface area (Å²) in [5.41, 5.74) is 2.71. The third-order valence-electron chi connectivity index (χ3n) is 4.06. The molecule has 21 heavy (non-hydrogen) atoms. The Morgan fingerprint density at radius 1 is 1.29 bits per heavy atom. The number of piperazine rings is 1. The topological polar surface area (TPSA) is 33.1 Å². The van der Waals surface area contributed by atoms with E-state index < -0.39 is 0 Å². The van der Waals surface area contributed by atoms with Gasteiger partial charge in [0.15, 0.2) is 0 Å². The highest BCUT2D eigenvalue weighted by Gasteiger charge is 2.23. The minimum atomic E-state index is 0.453. The van der Waals surface area contributed by atoms with Crippen LogP contribution in [0, 0.1) is 0 Å². The van der Waals surface area contributed by atoms with Gasteiger partial charge >= 0.3 is 0 Å². The van der Waals surface area contributed by atoms with Crippen molar-refractivity contribution >= 4 is 0 Å². The summed E-state index contributed by atoms with van der Waals surface area (Å²) < 4.78 is 2.05. The maximum Gasteiger partial charge on any atom is 0.0534 e. The van der Waals surface area contributed by atoms with Gasteiger partial charge in [-0.25, -0.2) is 0 Å². The first-order valence-electron chi connectivity index (χ1n) is 7.88. The highest BCUT2D eigenvalue weighted by molar-refractivity contribution is 5.20. The average Bonchev–Trinajstić information content (AvgIpc) is 2.96. The van der Waals surface area contributed by atoms with Crippen molar-refractivity contribution in [3.05, 3.63) is 53.9 Å². The monoisotopic (exact) mass is 284 g/mol. The van der Waals surface area contributed by atoms with Crippen LogP contribution in [0.1, 0.15) is 30.5 Å². The molecule has 1 aliphatic heterocycles. The van der Waals surface area contributed by atoms with Crippen LogP contribution in [0.4, 0.5) is 0 Å². The number of aryl methyl sites for hydroxylation is 1. The van der Waals surface area contributed by atoms with E-state index in [0.717, 1.165) is 39.1 Å². The van der Waals surface area contributed by atoms with Gasteiger partial charge < -0.3 is 5.32 Å². The van der Waals surface area contributed by atoms with Crippen LogP contribution in [0.25, 0.3) is 0 Å². The van der Waals surface area contributed by atoms with Crippen LogP contribution in [-0.2, 0) is 13.1 Å². The van der Waals surface area contributed by atoms with Crippen molar-refractivity contribution < 1.29 is 0 Å². The highest BCUT2D eigenvalue weighted by Crippen LogP contribution is 2.23. The summed E-state index contributed by atoms with van der Waals surface area (Å²) in [6.07, 6.45) is 5.33. The van der Waals surface area contributed by atoms with Gasteiger partial charge in [-0.1, -0.05) is 37.3 Å². The first-order valence-corrected chi connectivity index (χ1v) is 7.88. The summed E-state index contributed by atoms with van der Waals surface area (Å²) in [6.45, 7) is 7.33. The molecule has 2 aromatic rings. The molecular weight excluding hydrogens is 260 g/mol. The summed E-state index contributed by atoms with van der Waals surface area (Å²) in [7, 11) is 0. The first-order chi connectivity index (χ1) is 10.4. The molecule has 4 nitrogen and oxygen atoms in total. The standard InChI is InChI=1S/C17H24N4/c1-2-9-21-14-15(11-19-21)13-20-10-8-18-12-17(20)16-6-4-3-5-7-16/h3-7,11,14,17-18H,2,8-10,12-13H2,1H3/t17-/m1/s1. The van der Waals surface area contributed by atoms with Gasteiger partial charge in [-0.3, -0.25) is 9.58 Å². The lowest BCUT2D eigenvalue weighted by Crippen LogP contribution is -2.45. The molecule has 1 aliphatic rings. The van der Waals surface area contributed by atoms with E-state index >= 15 is 0 Å². The predicted octanol–water partition coefficient (Wildman–Crippen LogP) is 2.44. The van der Waals surface area contributed by atoms with Crippen molar-refractivity contribution in [3.63, 3.8) is 0 Å². The van der Waals surface area contributed by atoms with E-state index in [4.69, 9.17) is 0 Å². The second-order valence-corrected chi connectivity index (χ2v) is 5.71. The van der Waals surface area contributed by atoms with E-state index in [1.807, 2.05) is 6.20 Å². The zero-order valence-corrected chi connectivity index (χ0v) is 12.7. The van der Waals surface area contributed by atoms with Crippen LogP contribution in [0.2, 0.25) is 0 Å². The Morgan fingerprint density at radius 2 is 2.14 bits per heavy atom. The molecule has 0 spiro atoms. The molecule has 0 amide bonds. The highest BCUT2D eigenvalue weighted by atomic mass is 15.3. The molecule has 0 radical (unpaired) electrons. The molecule has 1 aromatic heterocycles. The molecule has 1 N–H and O–H groups in total. The molecule has 0 aliphatic carbocycles. The molecule has 2 heterocycles. The number of hydrogen-bond acceptors (Lipinski definition) is 3. The lowest BCUT2D eigenvalue weighted by molar-refractivity contribution is 0.153. The number of hydrogen-bond donors (Lipinski definition) is 1. The van der Waals surface area contributed by atoms with Gasteiger partial charge in [0.25, 0.3) is 0 Å². The van der Waals surface area contributed by atoms with Crippen molar-refractivity contribution in [2.75, 3.05) is 19.6 Å². The van der Waals surface area contributed by atoms with Crippen molar-refractivity contribution in [1.29, 1.82) is 0 Å². The number of rotatable bonds is 5. The van der Waals surface area contributed by atoms with Crippen LogP contribution >= 0.6 is 0 Å². The van der Waals surface area contributed by atoms with Gasteiger partial charge in [-0.05, 0) is 12.0 Å². The van der Waals surface area contributed by atoms with Crippen LogP contribution in [0.15, 0.2) is 42.7 Å². The second kappa shape index (κ2) is 6.87. The Balaban J connectivity index is 1.72. The zero-order valence-electron chi connectivity index (χ0n) is 12.7. The average molecular weight is 284 g/mol. The van der Waals surface area contributed by atoms with E-state index in [2.05, 4.69) is 63.4 Å². The number of nitrogens with zero attached hydrogens (tertiary/aromatic N) is 3.